The number of hydrogen-bond acceptors (Lipinski definition) is 4. The molecule has 0 unspecified atom stereocenters. The Labute approximate surface area is 115 Å². The van der Waals surface area contributed by atoms with Gasteiger partial charge in [-0.25, -0.2) is 0 Å². The molecule has 0 aliphatic heterocycles. The number of thiophene rings is 1. The van der Waals surface area contributed by atoms with Crippen LogP contribution in [0.2, 0.25) is 0 Å². The lowest BCUT2D eigenvalue weighted by atomic mass is 10.2. The number of rotatable bonds is 4. The van der Waals surface area contributed by atoms with Gasteiger partial charge < -0.3 is 11.1 Å². The topological polar surface area (TPSA) is 72.9 Å². The molecule has 0 fully saturated rings. The molecule has 0 bridgehead atoms. The fraction of sp³-hybridized carbons (Fsp3) is 0.385. The van der Waals surface area contributed by atoms with E-state index in [0.29, 0.717) is 18.8 Å². The number of nitrogen functional groups attached to an aromatic ring is 1. The van der Waals surface area contributed by atoms with Crippen LogP contribution in [0.15, 0.2) is 18.5 Å². The van der Waals surface area contributed by atoms with Crippen LogP contribution >= 0.6 is 11.3 Å². The van der Waals surface area contributed by atoms with Crippen LogP contribution in [0.4, 0.5) is 5.69 Å². The minimum Gasteiger partial charge on any atom is -0.396 e. The minimum atomic E-state index is 0.0135. The maximum absolute atomic E-state index is 12.0. The van der Waals surface area contributed by atoms with Gasteiger partial charge in [0.05, 0.1) is 23.3 Å². The second-order valence-corrected chi connectivity index (χ2v) is 5.84. The van der Waals surface area contributed by atoms with Crippen molar-refractivity contribution >= 4 is 22.9 Å². The quantitative estimate of drug-likeness (QED) is 0.887. The third kappa shape index (κ3) is 2.63. The molecule has 100 valence electrons. The molecule has 1 amide bonds. The Morgan fingerprint density at radius 3 is 3.16 bits per heavy atom. The summed E-state index contributed by atoms with van der Waals surface area (Å²) in [5.74, 6) is 0.0135. The smallest absolute Gasteiger partial charge is 0.261 e. The van der Waals surface area contributed by atoms with E-state index in [1.54, 1.807) is 28.4 Å². The first-order valence-corrected chi connectivity index (χ1v) is 7.22. The van der Waals surface area contributed by atoms with Gasteiger partial charge in [0.15, 0.2) is 0 Å². The summed E-state index contributed by atoms with van der Waals surface area (Å²) in [6, 6.07) is 2.04. The summed E-state index contributed by atoms with van der Waals surface area (Å²) < 4.78 is 1.73. The average molecular weight is 276 g/mol. The van der Waals surface area contributed by atoms with E-state index < -0.39 is 0 Å². The molecule has 0 atom stereocenters. The number of anilines is 1. The van der Waals surface area contributed by atoms with Gasteiger partial charge in [-0.15, -0.1) is 11.3 Å². The van der Waals surface area contributed by atoms with Crippen molar-refractivity contribution in [1.82, 2.24) is 15.1 Å². The van der Waals surface area contributed by atoms with E-state index in [1.165, 1.54) is 16.9 Å². The SMILES string of the molecule is Nc1cnn(CCNC(=O)c2cc3c(s2)CCC3)c1. The highest BCUT2D eigenvalue weighted by Gasteiger charge is 2.18. The highest BCUT2D eigenvalue weighted by Crippen LogP contribution is 2.30. The molecule has 0 aromatic carbocycles. The zero-order valence-corrected chi connectivity index (χ0v) is 11.4. The van der Waals surface area contributed by atoms with Gasteiger partial charge in [0.1, 0.15) is 0 Å². The summed E-state index contributed by atoms with van der Waals surface area (Å²) in [7, 11) is 0. The lowest BCUT2D eigenvalue weighted by molar-refractivity contribution is 0.0956. The summed E-state index contributed by atoms with van der Waals surface area (Å²) in [5, 5.41) is 6.98. The largest absolute Gasteiger partial charge is 0.396 e. The van der Waals surface area contributed by atoms with Gasteiger partial charge in [-0.3, -0.25) is 9.48 Å². The Balaban J connectivity index is 1.53. The van der Waals surface area contributed by atoms with Crippen LogP contribution in [0.25, 0.3) is 0 Å². The molecular weight excluding hydrogens is 260 g/mol. The summed E-state index contributed by atoms with van der Waals surface area (Å²) in [6.45, 7) is 1.19. The molecule has 2 heterocycles. The van der Waals surface area contributed by atoms with Crippen LogP contribution in [0.1, 0.15) is 26.5 Å². The lowest BCUT2D eigenvalue weighted by Gasteiger charge is -2.03. The summed E-state index contributed by atoms with van der Waals surface area (Å²) in [5.41, 5.74) is 7.57. The first-order valence-electron chi connectivity index (χ1n) is 6.40. The Morgan fingerprint density at radius 2 is 2.42 bits per heavy atom. The van der Waals surface area contributed by atoms with Gasteiger partial charge in [-0.1, -0.05) is 0 Å². The van der Waals surface area contributed by atoms with Crippen molar-refractivity contribution in [3.8, 4) is 0 Å². The maximum Gasteiger partial charge on any atom is 0.261 e. The van der Waals surface area contributed by atoms with Gasteiger partial charge in [-0.2, -0.15) is 5.10 Å². The van der Waals surface area contributed by atoms with Crippen LogP contribution < -0.4 is 11.1 Å². The van der Waals surface area contributed by atoms with Crippen LogP contribution in [0.3, 0.4) is 0 Å². The van der Waals surface area contributed by atoms with Crippen molar-refractivity contribution in [3.05, 3.63) is 33.8 Å². The van der Waals surface area contributed by atoms with Gasteiger partial charge in [0.25, 0.3) is 5.91 Å². The van der Waals surface area contributed by atoms with Crippen molar-refractivity contribution in [1.29, 1.82) is 0 Å². The number of aromatic nitrogens is 2. The van der Waals surface area contributed by atoms with Crippen molar-refractivity contribution < 1.29 is 4.79 Å². The van der Waals surface area contributed by atoms with E-state index >= 15 is 0 Å². The predicted molar refractivity (Wildman–Crippen MR) is 75.3 cm³/mol. The molecule has 1 aliphatic carbocycles. The second kappa shape index (κ2) is 5.05. The highest BCUT2D eigenvalue weighted by atomic mass is 32.1. The maximum atomic E-state index is 12.0. The van der Waals surface area contributed by atoms with Crippen molar-refractivity contribution in [2.75, 3.05) is 12.3 Å². The Bertz CT molecular complexity index is 580. The number of nitrogens with zero attached hydrogens (tertiary/aromatic N) is 2. The zero-order valence-electron chi connectivity index (χ0n) is 10.6. The minimum absolute atomic E-state index is 0.0135. The molecule has 3 N–H and O–H groups in total. The number of carbonyl (C=O) groups is 1. The molecule has 5 nitrogen and oxygen atoms in total. The molecule has 0 spiro atoms. The zero-order chi connectivity index (χ0) is 13.2. The predicted octanol–water partition coefficient (Wildman–Crippen LogP) is 1.45. The summed E-state index contributed by atoms with van der Waals surface area (Å²) >= 11 is 1.63. The van der Waals surface area contributed by atoms with Gasteiger partial charge in [0, 0.05) is 17.6 Å². The lowest BCUT2D eigenvalue weighted by Crippen LogP contribution is -2.26. The fourth-order valence-corrected chi connectivity index (χ4v) is 3.48. The summed E-state index contributed by atoms with van der Waals surface area (Å²) in [4.78, 5) is 14.2. The molecule has 0 saturated carbocycles. The van der Waals surface area contributed by atoms with Gasteiger partial charge >= 0.3 is 0 Å². The average Bonchev–Trinajstić information content (AvgIpc) is 3.03. The Morgan fingerprint density at radius 1 is 1.53 bits per heavy atom. The Kier molecular flexibility index (Phi) is 3.25. The number of aryl methyl sites for hydroxylation is 2. The molecule has 6 heteroatoms. The van der Waals surface area contributed by atoms with Crippen molar-refractivity contribution in [2.24, 2.45) is 0 Å². The first kappa shape index (κ1) is 12.2. The van der Waals surface area contributed by atoms with Crippen LogP contribution in [-0.2, 0) is 19.4 Å². The fourth-order valence-electron chi connectivity index (χ4n) is 2.31. The third-order valence-electron chi connectivity index (χ3n) is 3.25. The second-order valence-electron chi connectivity index (χ2n) is 4.71. The molecule has 2 aromatic rings. The van der Waals surface area contributed by atoms with Crippen LogP contribution in [0, 0.1) is 0 Å². The summed E-state index contributed by atoms with van der Waals surface area (Å²) in [6.07, 6.45) is 6.83. The molecule has 0 radical (unpaired) electrons. The first-order chi connectivity index (χ1) is 9.22. The molecule has 0 saturated heterocycles. The van der Waals surface area contributed by atoms with E-state index in [-0.39, 0.29) is 5.91 Å². The molecule has 2 aromatic heterocycles. The number of hydrogen-bond donors (Lipinski definition) is 2. The van der Waals surface area contributed by atoms with Gasteiger partial charge in [0.2, 0.25) is 0 Å². The highest BCUT2D eigenvalue weighted by molar-refractivity contribution is 7.14. The number of amides is 1. The van der Waals surface area contributed by atoms with Gasteiger partial charge in [-0.05, 0) is 30.9 Å². The van der Waals surface area contributed by atoms with E-state index in [1.807, 2.05) is 6.07 Å². The van der Waals surface area contributed by atoms with E-state index in [9.17, 15) is 4.79 Å². The van der Waals surface area contributed by atoms with E-state index in [2.05, 4.69) is 10.4 Å². The molecule has 1 aliphatic rings. The number of carbonyl (C=O) groups excluding carboxylic acids is 1. The van der Waals surface area contributed by atoms with Crippen molar-refractivity contribution in [3.63, 3.8) is 0 Å². The van der Waals surface area contributed by atoms with Crippen molar-refractivity contribution in [2.45, 2.75) is 25.8 Å². The third-order valence-corrected chi connectivity index (χ3v) is 4.49. The number of nitrogens with two attached hydrogens (primary N) is 1. The number of nitrogens with one attached hydrogen (secondary N) is 1. The molecule has 3 rings (SSSR count). The monoisotopic (exact) mass is 276 g/mol. The van der Waals surface area contributed by atoms with Crippen LogP contribution in [-0.4, -0.2) is 22.2 Å². The number of fused-ring (bicyclic) bond motifs is 1. The van der Waals surface area contributed by atoms with E-state index in [4.69, 9.17) is 5.73 Å². The molecular formula is C13H16N4OS. The molecule has 19 heavy (non-hydrogen) atoms. The van der Waals surface area contributed by atoms with Crippen LogP contribution in [0.5, 0.6) is 0 Å². The Hall–Kier alpha value is -1.82. The normalized spacial score (nSPS) is 13.5. The standard InChI is InChI=1S/C13H16N4OS/c14-10-7-16-17(8-10)5-4-15-13(18)12-6-9-2-1-3-11(9)19-12/h6-8H,1-5,14H2,(H,15,18). The van der Waals surface area contributed by atoms with E-state index in [0.717, 1.165) is 17.7 Å².